The zero-order chi connectivity index (χ0) is 28.4. The molecular formula is C24H33N7O7. The van der Waals surface area contributed by atoms with Gasteiger partial charge in [0.1, 0.15) is 18.1 Å². The third kappa shape index (κ3) is 8.89. The Morgan fingerprint density at radius 1 is 0.868 bits per heavy atom. The molecule has 1 heterocycles. The van der Waals surface area contributed by atoms with Crippen LogP contribution in [0.25, 0.3) is 10.9 Å². The molecule has 1 aromatic heterocycles. The average molecular weight is 532 g/mol. The van der Waals surface area contributed by atoms with Gasteiger partial charge in [-0.05, 0) is 37.8 Å². The van der Waals surface area contributed by atoms with Crippen LogP contribution in [-0.2, 0) is 35.2 Å². The molecule has 0 fully saturated rings. The van der Waals surface area contributed by atoms with Crippen LogP contribution < -0.4 is 33.2 Å². The van der Waals surface area contributed by atoms with Crippen molar-refractivity contribution in [2.45, 2.75) is 63.2 Å². The number of carbonyl (C=O) groups is 6. The summed E-state index contributed by atoms with van der Waals surface area (Å²) >= 11 is 0. The van der Waals surface area contributed by atoms with E-state index in [0.29, 0.717) is 0 Å². The maximum absolute atomic E-state index is 12.9. The first-order chi connectivity index (χ1) is 17.9. The number of fused-ring (bicyclic) bond motifs is 1. The number of carbonyl (C=O) groups excluding carboxylic acids is 5. The highest BCUT2D eigenvalue weighted by molar-refractivity contribution is 5.94. The number of aromatic amines is 1. The zero-order valence-electron chi connectivity index (χ0n) is 20.9. The van der Waals surface area contributed by atoms with Gasteiger partial charge in [-0.15, -0.1) is 0 Å². The van der Waals surface area contributed by atoms with Crippen LogP contribution in [0.3, 0.4) is 0 Å². The standard InChI is InChI=1S/C24H33N7O7/c1-12(21(34)31-18(24(37)38)7-9-20(27)33)29-23(36)17(6-8-19(26)32)30-22(35)15(25)10-13-11-28-16-5-3-2-4-14(13)16/h2-5,11-12,15,17-18,28H,6-10,25H2,1H3,(H2,26,32)(H2,27,33)(H,29,36)(H,30,35)(H,31,34)(H,37,38). The molecule has 0 radical (unpaired) electrons. The SMILES string of the molecule is CC(NC(=O)C(CCC(N)=O)NC(=O)C(N)Cc1c[nH]c2ccccc12)C(=O)NC(CCC(N)=O)C(=O)O. The van der Waals surface area contributed by atoms with E-state index >= 15 is 0 Å². The zero-order valence-corrected chi connectivity index (χ0v) is 20.9. The second-order valence-corrected chi connectivity index (χ2v) is 8.87. The molecule has 11 N–H and O–H groups in total. The van der Waals surface area contributed by atoms with E-state index in [1.807, 2.05) is 24.3 Å². The molecule has 0 saturated carbocycles. The Hall–Kier alpha value is -4.46. The summed E-state index contributed by atoms with van der Waals surface area (Å²) in [5, 5.41) is 17.2. The van der Waals surface area contributed by atoms with Crippen LogP contribution >= 0.6 is 0 Å². The van der Waals surface area contributed by atoms with Gasteiger partial charge in [0.2, 0.25) is 29.5 Å². The molecular weight excluding hydrogens is 498 g/mol. The Morgan fingerprint density at radius 2 is 1.45 bits per heavy atom. The summed E-state index contributed by atoms with van der Waals surface area (Å²) in [4.78, 5) is 74.8. The number of hydrogen-bond acceptors (Lipinski definition) is 7. The average Bonchev–Trinajstić information content (AvgIpc) is 3.26. The molecule has 1 aromatic carbocycles. The lowest BCUT2D eigenvalue weighted by Gasteiger charge is -2.23. The molecule has 2 aromatic rings. The highest BCUT2D eigenvalue weighted by atomic mass is 16.4. The minimum absolute atomic E-state index is 0.155. The molecule has 0 aliphatic carbocycles. The predicted octanol–water partition coefficient (Wildman–Crippen LogP) is -1.87. The normalized spacial score (nSPS) is 14.1. The monoisotopic (exact) mass is 531 g/mol. The summed E-state index contributed by atoms with van der Waals surface area (Å²) in [7, 11) is 0. The maximum Gasteiger partial charge on any atom is 0.326 e. The van der Waals surface area contributed by atoms with Gasteiger partial charge in [0.25, 0.3) is 0 Å². The largest absolute Gasteiger partial charge is 0.480 e. The number of nitrogens with two attached hydrogens (primary N) is 3. The van der Waals surface area contributed by atoms with E-state index in [1.54, 1.807) is 6.20 Å². The topological polar surface area (TPSA) is 253 Å². The third-order valence-corrected chi connectivity index (χ3v) is 5.81. The van der Waals surface area contributed by atoms with Crippen LogP contribution in [0.2, 0.25) is 0 Å². The van der Waals surface area contributed by atoms with Crippen molar-refractivity contribution in [3.05, 3.63) is 36.0 Å². The first kappa shape index (κ1) is 29.8. The lowest BCUT2D eigenvalue weighted by atomic mass is 10.0. The summed E-state index contributed by atoms with van der Waals surface area (Å²) in [6, 6.07) is 2.58. The molecule has 2 rings (SSSR count). The summed E-state index contributed by atoms with van der Waals surface area (Å²) < 4.78 is 0. The first-order valence-corrected chi connectivity index (χ1v) is 11.9. The van der Waals surface area contributed by atoms with Gasteiger partial charge in [0.05, 0.1) is 6.04 Å². The smallest absolute Gasteiger partial charge is 0.326 e. The van der Waals surface area contributed by atoms with Crippen molar-refractivity contribution in [3.63, 3.8) is 0 Å². The number of aromatic nitrogens is 1. The summed E-state index contributed by atoms with van der Waals surface area (Å²) in [5.74, 6) is -5.12. The molecule has 38 heavy (non-hydrogen) atoms. The van der Waals surface area contributed by atoms with Crippen LogP contribution in [0.4, 0.5) is 0 Å². The number of H-pyrrole nitrogens is 1. The second-order valence-electron chi connectivity index (χ2n) is 8.87. The fourth-order valence-corrected chi connectivity index (χ4v) is 3.68. The lowest BCUT2D eigenvalue weighted by Crippen LogP contribution is -2.56. The van der Waals surface area contributed by atoms with Gasteiger partial charge in [-0.3, -0.25) is 24.0 Å². The van der Waals surface area contributed by atoms with Crippen molar-refractivity contribution in [1.82, 2.24) is 20.9 Å². The van der Waals surface area contributed by atoms with Gasteiger partial charge in [0.15, 0.2) is 0 Å². The number of amides is 5. The van der Waals surface area contributed by atoms with Crippen molar-refractivity contribution in [3.8, 4) is 0 Å². The fraction of sp³-hybridized carbons (Fsp3) is 0.417. The molecule has 0 saturated heterocycles. The van der Waals surface area contributed by atoms with Gasteiger partial charge in [-0.1, -0.05) is 18.2 Å². The van der Waals surface area contributed by atoms with Crippen LogP contribution in [-0.4, -0.2) is 69.8 Å². The Bertz CT molecular complexity index is 1200. The highest BCUT2D eigenvalue weighted by Gasteiger charge is 2.29. The fourth-order valence-electron chi connectivity index (χ4n) is 3.68. The molecule has 4 unspecified atom stereocenters. The Labute approximate surface area is 218 Å². The number of rotatable bonds is 15. The van der Waals surface area contributed by atoms with E-state index in [1.165, 1.54) is 6.92 Å². The molecule has 206 valence electrons. The van der Waals surface area contributed by atoms with Crippen LogP contribution in [0.5, 0.6) is 0 Å². The van der Waals surface area contributed by atoms with E-state index in [-0.39, 0.29) is 32.1 Å². The molecule has 4 atom stereocenters. The lowest BCUT2D eigenvalue weighted by molar-refractivity contribution is -0.142. The predicted molar refractivity (Wildman–Crippen MR) is 136 cm³/mol. The number of carboxylic acid groups (broad SMARTS) is 1. The van der Waals surface area contributed by atoms with Crippen molar-refractivity contribution >= 4 is 46.4 Å². The quantitative estimate of drug-likeness (QED) is 0.129. The van der Waals surface area contributed by atoms with Crippen LogP contribution in [0.15, 0.2) is 30.5 Å². The number of carboxylic acids is 1. The number of hydrogen-bond donors (Lipinski definition) is 8. The van der Waals surface area contributed by atoms with E-state index < -0.39 is 59.7 Å². The van der Waals surface area contributed by atoms with E-state index in [9.17, 15) is 33.9 Å². The maximum atomic E-state index is 12.9. The second kappa shape index (κ2) is 13.7. The number of nitrogens with one attached hydrogen (secondary N) is 4. The van der Waals surface area contributed by atoms with E-state index in [4.69, 9.17) is 17.2 Å². The van der Waals surface area contributed by atoms with E-state index in [0.717, 1.165) is 16.5 Å². The van der Waals surface area contributed by atoms with Crippen LogP contribution in [0.1, 0.15) is 38.2 Å². The minimum Gasteiger partial charge on any atom is -0.480 e. The number of aliphatic carboxylic acids is 1. The van der Waals surface area contributed by atoms with Crippen LogP contribution in [0, 0.1) is 0 Å². The Morgan fingerprint density at radius 3 is 2.05 bits per heavy atom. The molecule has 5 amide bonds. The molecule has 0 spiro atoms. The number of benzene rings is 1. The van der Waals surface area contributed by atoms with Gasteiger partial charge in [-0.25, -0.2) is 4.79 Å². The van der Waals surface area contributed by atoms with Gasteiger partial charge >= 0.3 is 5.97 Å². The molecule has 0 bridgehead atoms. The van der Waals surface area contributed by atoms with Gasteiger partial charge in [-0.2, -0.15) is 0 Å². The molecule has 14 heteroatoms. The third-order valence-electron chi connectivity index (χ3n) is 5.81. The Balaban J connectivity index is 2.03. The minimum atomic E-state index is -1.40. The molecule has 14 nitrogen and oxygen atoms in total. The van der Waals surface area contributed by atoms with Gasteiger partial charge in [0, 0.05) is 29.9 Å². The number of para-hydroxylation sites is 1. The molecule has 0 aliphatic rings. The van der Waals surface area contributed by atoms with E-state index in [2.05, 4.69) is 20.9 Å². The van der Waals surface area contributed by atoms with Gasteiger partial charge < -0.3 is 43.2 Å². The van der Waals surface area contributed by atoms with Crippen molar-refractivity contribution < 1.29 is 33.9 Å². The molecule has 0 aliphatic heterocycles. The number of primary amides is 2. The summed E-state index contributed by atoms with van der Waals surface area (Å²) in [6.07, 6.45) is 1.02. The first-order valence-electron chi connectivity index (χ1n) is 11.9. The Kier molecular flexibility index (Phi) is 10.8. The van der Waals surface area contributed by atoms with Crippen molar-refractivity contribution in [2.24, 2.45) is 17.2 Å². The van der Waals surface area contributed by atoms with Crippen molar-refractivity contribution in [2.75, 3.05) is 0 Å². The van der Waals surface area contributed by atoms with Crippen molar-refractivity contribution in [1.29, 1.82) is 0 Å². The summed E-state index contributed by atoms with van der Waals surface area (Å²) in [6.45, 7) is 1.30. The highest BCUT2D eigenvalue weighted by Crippen LogP contribution is 2.18. The summed E-state index contributed by atoms with van der Waals surface area (Å²) in [5.41, 5.74) is 18.0.